The van der Waals surface area contributed by atoms with Gasteiger partial charge in [-0.3, -0.25) is 9.59 Å². The van der Waals surface area contributed by atoms with Crippen molar-refractivity contribution in [2.45, 2.75) is 20.3 Å². The molecule has 0 saturated heterocycles. The van der Waals surface area contributed by atoms with Crippen LogP contribution in [-0.4, -0.2) is 50.1 Å². The Morgan fingerprint density at radius 2 is 1.95 bits per heavy atom. The highest BCUT2D eigenvalue weighted by atomic mass is 16.5. The van der Waals surface area contributed by atoms with Gasteiger partial charge in [-0.15, -0.1) is 0 Å². The van der Waals surface area contributed by atoms with Crippen LogP contribution in [0, 0.1) is 6.92 Å². The van der Waals surface area contributed by atoms with Gasteiger partial charge in [-0.2, -0.15) is 0 Å². The Kier molecular flexibility index (Phi) is 7.46. The van der Waals surface area contributed by atoms with E-state index in [0.29, 0.717) is 32.7 Å². The molecule has 1 N–H and O–H groups in total. The van der Waals surface area contributed by atoms with Crippen LogP contribution >= 0.6 is 0 Å². The van der Waals surface area contributed by atoms with Crippen molar-refractivity contribution in [3.05, 3.63) is 35.4 Å². The quantitative estimate of drug-likeness (QED) is 0.782. The molecule has 0 aromatic heterocycles. The summed E-state index contributed by atoms with van der Waals surface area (Å²) in [4.78, 5) is 25.0. The molecule has 0 bridgehead atoms. The van der Waals surface area contributed by atoms with Crippen molar-refractivity contribution in [2.24, 2.45) is 0 Å². The first-order chi connectivity index (χ1) is 10.0. The van der Waals surface area contributed by atoms with E-state index < -0.39 is 0 Å². The summed E-state index contributed by atoms with van der Waals surface area (Å²) in [7, 11) is 1.60. The van der Waals surface area contributed by atoms with E-state index in [0.717, 1.165) is 11.1 Å². The second kappa shape index (κ2) is 9.13. The molecule has 0 radical (unpaired) electrons. The van der Waals surface area contributed by atoms with Gasteiger partial charge in [0.05, 0.1) is 13.0 Å². The minimum absolute atomic E-state index is 0.0137. The number of carbonyl (C=O) groups is 2. The van der Waals surface area contributed by atoms with E-state index in [1.54, 1.807) is 12.0 Å². The maximum atomic E-state index is 11.9. The largest absolute Gasteiger partial charge is 0.383 e. The van der Waals surface area contributed by atoms with Crippen molar-refractivity contribution in [1.29, 1.82) is 0 Å². The lowest BCUT2D eigenvalue weighted by Crippen LogP contribution is -2.39. The van der Waals surface area contributed by atoms with E-state index in [9.17, 15) is 9.59 Å². The van der Waals surface area contributed by atoms with Gasteiger partial charge in [-0.05, 0) is 18.1 Å². The molecular weight excluding hydrogens is 268 g/mol. The Labute approximate surface area is 126 Å². The van der Waals surface area contributed by atoms with Crippen LogP contribution in [0.15, 0.2) is 24.3 Å². The Hall–Kier alpha value is -1.88. The van der Waals surface area contributed by atoms with Gasteiger partial charge in [0.25, 0.3) is 0 Å². The molecule has 0 aliphatic rings. The Morgan fingerprint density at radius 1 is 1.24 bits per heavy atom. The average Bonchev–Trinajstić information content (AvgIpc) is 2.44. The SMILES string of the molecule is COCCN(CCNC(=O)Cc1ccccc1C)C(C)=O. The minimum Gasteiger partial charge on any atom is -0.383 e. The number of nitrogens with zero attached hydrogens (tertiary/aromatic N) is 1. The van der Waals surface area contributed by atoms with Crippen molar-refractivity contribution < 1.29 is 14.3 Å². The zero-order valence-corrected chi connectivity index (χ0v) is 13.0. The number of benzene rings is 1. The van der Waals surface area contributed by atoms with Gasteiger partial charge in [0.1, 0.15) is 0 Å². The smallest absolute Gasteiger partial charge is 0.224 e. The summed E-state index contributed by atoms with van der Waals surface area (Å²) in [6.45, 7) is 5.50. The standard InChI is InChI=1S/C16H24N2O3/c1-13-6-4-5-7-15(13)12-16(20)17-8-9-18(14(2)19)10-11-21-3/h4-7H,8-12H2,1-3H3,(H,17,20). The minimum atomic E-state index is -0.0282. The molecule has 1 rings (SSSR count). The summed E-state index contributed by atoms with van der Waals surface area (Å²) >= 11 is 0. The fourth-order valence-corrected chi connectivity index (χ4v) is 2.00. The number of methoxy groups -OCH3 is 1. The number of hydrogen-bond donors (Lipinski definition) is 1. The summed E-state index contributed by atoms with van der Waals surface area (Å²) in [6, 6.07) is 7.83. The van der Waals surface area contributed by atoms with Crippen LogP contribution in [0.25, 0.3) is 0 Å². The predicted molar refractivity (Wildman–Crippen MR) is 82.0 cm³/mol. The lowest BCUT2D eigenvalue weighted by Gasteiger charge is -2.20. The summed E-state index contributed by atoms with van der Waals surface area (Å²) in [6.07, 6.45) is 0.366. The van der Waals surface area contributed by atoms with E-state index in [4.69, 9.17) is 4.74 Å². The maximum absolute atomic E-state index is 11.9. The van der Waals surface area contributed by atoms with Gasteiger partial charge in [0.15, 0.2) is 0 Å². The monoisotopic (exact) mass is 292 g/mol. The number of hydrogen-bond acceptors (Lipinski definition) is 3. The van der Waals surface area contributed by atoms with E-state index in [1.165, 1.54) is 6.92 Å². The molecule has 21 heavy (non-hydrogen) atoms. The van der Waals surface area contributed by atoms with Gasteiger partial charge in [-0.25, -0.2) is 0 Å². The maximum Gasteiger partial charge on any atom is 0.224 e. The van der Waals surface area contributed by atoms with Gasteiger partial charge in [0.2, 0.25) is 11.8 Å². The first-order valence-corrected chi connectivity index (χ1v) is 7.10. The second-order valence-corrected chi connectivity index (χ2v) is 4.95. The summed E-state index contributed by atoms with van der Waals surface area (Å²) < 4.78 is 4.96. The molecule has 0 fully saturated rings. The Morgan fingerprint density at radius 3 is 2.57 bits per heavy atom. The van der Waals surface area contributed by atoms with Gasteiger partial charge in [-0.1, -0.05) is 24.3 Å². The Bertz CT molecular complexity index is 474. The molecule has 116 valence electrons. The summed E-state index contributed by atoms with van der Waals surface area (Å²) in [5.74, 6) is -0.0419. The molecule has 0 saturated carbocycles. The molecule has 0 aliphatic heterocycles. The van der Waals surface area contributed by atoms with Crippen LogP contribution in [-0.2, 0) is 20.7 Å². The van der Waals surface area contributed by atoms with E-state index in [2.05, 4.69) is 5.32 Å². The third-order valence-electron chi connectivity index (χ3n) is 3.33. The molecule has 0 aliphatic carbocycles. The number of ether oxygens (including phenoxy) is 1. The molecule has 0 unspecified atom stereocenters. The number of aryl methyl sites for hydroxylation is 1. The molecule has 1 aromatic rings. The molecule has 1 aromatic carbocycles. The molecular formula is C16H24N2O3. The lowest BCUT2D eigenvalue weighted by molar-refractivity contribution is -0.130. The van der Waals surface area contributed by atoms with Crippen molar-refractivity contribution in [3.63, 3.8) is 0 Å². The number of amides is 2. The fraction of sp³-hybridized carbons (Fsp3) is 0.500. The van der Waals surface area contributed by atoms with Gasteiger partial charge < -0.3 is 15.0 Å². The average molecular weight is 292 g/mol. The van der Waals surface area contributed by atoms with Crippen LogP contribution < -0.4 is 5.32 Å². The molecule has 0 heterocycles. The zero-order chi connectivity index (χ0) is 15.7. The first-order valence-electron chi connectivity index (χ1n) is 7.10. The van der Waals surface area contributed by atoms with E-state index >= 15 is 0 Å². The first kappa shape index (κ1) is 17.2. The Balaban J connectivity index is 2.35. The molecule has 0 spiro atoms. The molecule has 0 atom stereocenters. The number of nitrogens with one attached hydrogen (secondary N) is 1. The van der Waals surface area contributed by atoms with E-state index in [-0.39, 0.29) is 11.8 Å². The van der Waals surface area contributed by atoms with Gasteiger partial charge >= 0.3 is 0 Å². The van der Waals surface area contributed by atoms with Gasteiger partial charge in [0, 0.05) is 33.7 Å². The highest BCUT2D eigenvalue weighted by Gasteiger charge is 2.09. The summed E-state index contributed by atoms with van der Waals surface area (Å²) in [5.41, 5.74) is 2.14. The fourth-order valence-electron chi connectivity index (χ4n) is 2.00. The topological polar surface area (TPSA) is 58.6 Å². The molecule has 5 nitrogen and oxygen atoms in total. The van der Waals surface area contributed by atoms with Crippen LogP contribution in [0.5, 0.6) is 0 Å². The van der Waals surface area contributed by atoms with Crippen molar-refractivity contribution >= 4 is 11.8 Å². The molecule has 5 heteroatoms. The normalized spacial score (nSPS) is 10.2. The van der Waals surface area contributed by atoms with E-state index in [1.807, 2.05) is 31.2 Å². The summed E-state index contributed by atoms with van der Waals surface area (Å²) in [5, 5.41) is 2.85. The zero-order valence-electron chi connectivity index (χ0n) is 13.0. The van der Waals surface area contributed by atoms with Crippen LogP contribution in [0.4, 0.5) is 0 Å². The third-order valence-corrected chi connectivity index (χ3v) is 3.33. The highest BCUT2D eigenvalue weighted by Crippen LogP contribution is 2.07. The van der Waals surface area contributed by atoms with Crippen molar-refractivity contribution in [2.75, 3.05) is 33.4 Å². The van der Waals surface area contributed by atoms with Crippen LogP contribution in [0.1, 0.15) is 18.1 Å². The second-order valence-electron chi connectivity index (χ2n) is 4.95. The van der Waals surface area contributed by atoms with Crippen LogP contribution in [0.2, 0.25) is 0 Å². The predicted octanol–water partition coefficient (Wildman–Crippen LogP) is 1.15. The third kappa shape index (κ3) is 6.40. The van der Waals surface area contributed by atoms with Crippen molar-refractivity contribution in [1.82, 2.24) is 10.2 Å². The van der Waals surface area contributed by atoms with Crippen molar-refractivity contribution in [3.8, 4) is 0 Å². The number of carbonyl (C=O) groups excluding carboxylic acids is 2. The van der Waals surface area contributed by atoms with Crippen LogP contribution in [0.3, 0.4) is 0 Å². The molecule has 2 amide bonds. The number of rotatable bonds is 8. The lowest BCUT2D eigenvalue weighted by atomic mass is 10.1. The highest BCUT2D eigenvalue weighted by molar-refractivity contribution is 5.79.